The summed E-state index contributed by atoms with van der Waals surface area (Å²) >= 11 is 9.05. The van der Waals surface area contributed by atoms with E-state index in [1.807, 2.05) is 4.98 Å². The molecule has 2 heterocycles. The molecule has 1 aromatic heterocycles. The van der Waals surface area contributed by atoms with Crippen molar-refractivity contribution in [2.75, 3.05) is 6.61 Å². The Kier molecular flexibility index (Phi) is 8.56. The normalized spacial score (nSPS) is 25.1. The molecule has 1 aliphatic heterocycles. The van der Waals surface area contributed by atoms with Crippen molar-refractivity contribution in [1.29, 1.82) is 0 Å². The van der Waals surface area contributed by atoms with Crippen LogP contribution >= 0.6 is 20.9 Å². The number of rotatable bonds is 9. The number of hydrogen-bond acceptors (Lipinski definition) is 13. The fourth-order valence-electron chi connectivity index (χ4n) is 2.54. The van der Waals surface area contributed by atoms with Crippen molar-refractivity contribution in [3.05, 3.63) is 43.0 Å². The fraction of sp³-hybridized carbons (Fsp3) is 0.636. The lowest BCUT2D eigenvalue weighted by molar-refractivity contribution is -0.331. The highest BCUT2D eigenvalue weighted by molar-refractivity contribution is 8.52. The number of alkyl halides is 2. The van der Waals surface area contributed by atoms with Crippen molar-refractivity contribution in [2.45, 2.75) is 37.1 Å². The van der Waals surface area contributed by atoms with Gasteiger partial charge in [0, 0.05) is 30.7 Å². The van der Waals surface area contributed by atoms with E-state index >= 15 is 0 Å². The Hall–Kier alpha value is -0.930. The molecule has 2 rings (SSSR count). The van der Waals surface area contributed by atoms with Gasteiger partial charge in [-0.2, -0.15) is 8.78 Å². The minimum Gasteiger partial charge on any atom is -0.806 e. The number of halogens is 2. The molecule has 0 saturated carbocycles. The molecule has 22 heteroatoms. The largest absolute Gasteiger partial charge is 0.806 e. The third-order valence-electron chi connectivity index (χ3n) is 4.12. The van der Waals surface area contributed by atoms with Crippen molar-refractivity contribution in [2.24, 2.45) is 5.11 Å². The molecule has 1 aromatic rings. The van der Waals surface area contributed by atoms with Crippen LogP contribution in [0.15, 0.2) is 20.9 Å². The Balaban J connectivity index is 2.19. The first-order chi connectivity index (χ1) is 14.9. The zero-order valence-corrected chi connectivity index (χ0v) is 20.3. The van der Waals surface area contributed by atoms with E-state index in [2.05, 4.69) is 38.4 Å². The standard InChI is InChI=1S/C11H16F2N5O10P3S2/c1-5-3-18(10(20)15-9(5)19)8-2-6(16-17-14)7(27-8)4-26-31(32,33)28-30(24,25)11(12,13)29(21,22)23/h3,6-8H,2,4H2,1H3,(H,24,25)(H,32,33)(H,15,19,20)(H2,21,22,23)/p-4/t6-,7+,8+/m0/s1. The van der Waals surface area contributed by atoms with Crippen LogP contribution in [-0.4, -0.2) is 33.7 Å². The highest BCUT2D eigenvalue weighted by Crippen LogP contribution is 2.73. The van der Waals surface area contributed by atoms with E-state index in [1.54, 1.807) is 0 Å². The first-order valence-electron chi connectivity index (χ1n) is 8.31. The second-order valence-corrected chi connectivity index (χ2v) is 15.3. The van der Waals surface area contributed by atoms with Crippen molar-refractivity contribution >= 4 is 44.9 Å². The highest BCUT2D eigenvalue weighted by Gasteiger charge is 2.48. The van der Waals surface area contributed by atoms with Crippen LogP contribution in [0.4, 0.5) is 8.78 Å². The molecule has 1 aliphatic rings. The third-order valence-corrected chi connectivity index (χ3v) is 10.9. The van der Waals surface area contributed by atoms with Crippen molar-refractivity contribution in [3.8, 4) is 0 Å². The quantitative estimate of drug-likeness (QED) is 0.132. The maximum absolute atomic E-state index is 13.4. The maximum atomic E-state index is 13.4. The van der Waals surface area contributed by atoms with E-state index in [4.69, 9.17) is 14.8 Å². The zero-order chi connectivity index (χ0) is 25.4. The maximum Gasteiger partial charge on any atom is 0.332 e. The molecule has 5 atom stereocenters. The first-order valence-corrected chi connectivity index (χ1v) is 15.1. The number of aromatic nitrogens is 2. The van der Waals surface area contributed by atoms with Crippen molar-refractivity contribution < 1.29 is 46.2 Å². The Morgan fingerprint density at radius 1 is 1.45 bits per heavy atom. The van der Waals surface area contributed by atoms with Gasteiger partial charge in [0.05, 0.1) is 24.4 Å². The van der Waals surface area contributed by atoms with E-state index < -0.39 is 62.5 Å². The molecule has 0 aliphatic carbocycles. The summed E-state index contributed by atoms with van der Waals surface area (Å²) in [6.07, 6.45) is -1.29. The summed E-state index contributed by atoms with van der Waals surface area (Å²) in [5.74, 6) is 0. The smallest absolute Gasteiger partial charge is 0.332 e. The molecular weight excluding hydrogens is 557 g/mol. The molecule has 0 radical (unpaired) electrons. The molecule has 33 heavy (non-hydrogen) atoms. The van der Waals surface area contributed by atoms with E-state index in [0.29, 0.717) is 0 Å². The lowest BCUT2D eigenvalue weighted by atomic mass is 10.1. The number of H-pyrrole nitrogens is 1. The van der Waals surface area contributed by atoms with Crippen LogP contribution in [-0.2, 0) is 46.8 Å². The van der Waals surface area contributed by atoms with Gasteiger partial charge in [-0.15, -0.1) is 0 Å². The van der Waals surface area contributed by atoms with Crippen LogP contribution in [0.25, 0.3) is 10.4 Å². The molecule has 1 fully saturated rings. The van der Waals surface area contributed by atoms with Crippen LogP contribution in [0.1, 0.15) is 18.2 Å². The molecule has 15 nitrogen and oxygen atoms in total. The third kappa shape index (κ3) is 6.40. The lowest BCUT2D eigenvalue weighted by Crippen LogP contribution is -2.35. The monoisotopic (exact) mass is 569 g/mol. The molecule has 0 bridgehead atoms. The van der Waals surface area contributed by atoms with E-state index in [-0.39, 0.29) is 12.0 Å². The summed E-state index contributed by atoms with van der Waals surface area (Å²) in [6, 6.07) is -1.05. The van der Waals surface area contributed by atoms with Crippen LogP contribution < -0.4 is 25.9 Å². The average Bonchev–Trinajstić information content (AvgIpc) is 3.04. The van der Waals surface area contributed by atoms with Gasteiger partial charge < -0.3 is 45.3 Å². The molecule has 2 unspecified atom stereocenters. The van der Waals surface area contributed by atoms with Gasteiger partial charge in [-0.1, -0.05) is 16.9 Å². The Bertz CT molecular complexity index is 1230. The Morgan fingerprint density at radius 2 is 2.06 bits per heavy atom. The predicted molar refractivity (Wildman–Crippen MR) is 106 cm³/mol. The van der Waals surface area contributed by atoms with Gasteiger partial charge in [-0.25, -0.2) is 4.79 Å². The molecule has 0 spiro atoms. The first kappa shape index (κ1) is 28.3. The lowest BCUT2D eigenvalue weighted by Gasteiger charge is -2.46. The number of nitrogens with zero attached hydrogens (tertiary/aromatic N) is 4. The summed E-state index contributed by atoms with van der Waals surface area (Å²) in [5.41, 5.74) is 2.80. The van der Waals surface area contributed by atoms with Crippen molar-refractivity contribution in [1.82, 2.24) is 9.55 Å². The minimum atomic E-state index is -6.99. The van der Waals surface area contributed by atoms with Gasteiger partial charge >= 0.3 is 11.1 Å². The SMILES string of the molecule is Cc1cn([C@H]2C[C@H](N=[N+]=[N-])[C@@H](COP(=S)([S-])OP(=O)([O-])C(F)(F)P(=O)([O-])[O-])O2)c(=O)[nH]c1=O. The Labute approximate surface area is 192 Å². The number of nitrogens with one attached hydrogen (secondary N) is 1. The van der Waals surface area contributed by atoms with Gasteiger partial charge in [0.25, 0.3) is 5.56 Å². The van der Waals surface area contributed by atoms with Gasteiger partial charge in [-0.05, 0) is 12.5 Å². The average molecular weight is 569 g/mol. The van der Waals surface area contributed by atoms with Crippen LogP contribution in [0.5, 0.6) is 0 Å². The molecular formula is C11H12F2N5O10P3S2-4. The predicted octanol–water partition coefficient (Wildman–Crippen LogP) is -0.367. The van der Waals surface area contributed by atoms with Crippen LogP contribution in [0, 0.1) is 6.92 Å². The summed E-state index contributed by atoms with van der Waals surface area (Å²) < 4.78 is 64.2. The van der Waals surface area contributed by atoms with Gasteiger partial charge in [-0.3, -0.25) is 18.7 Å². The number of ether oxygens (including phenoxy) is 1. The molecule has 0 aromatic carbocycles. The van der Waals surface area contributed by atoms with E-state index in [9.17, 15) is 42.2 Å². The number of azide groups is 1. The highest BCUT2D eigenvalue weighted by atomic mass is 32.9. The molecule has 0 amide bonds. The molecule has 186 valence electrons. The second-order valence-electron chi connectivity index (χ2n) is 6.44. The Morgan fingerprint density at radius 3 is 2.61 bits per heavy atom. The van der Waals surface area contributed by atoms with Crippen LogP contribution in [0.2, 0.25) is 0 Å². The van der Waals surface area contributed by atoms with Gasteiger partial charge in [0.1, 0.15) is 6.23 Å². The number of aryl methyl sites for hydroxylation is 1. The number of aromatic amines is 1. The summed E-state index contributed by atoms with van der Waals surface area (Å²) in [6.45, 7) is 0.621. The van der Waals surface area contributed by atoms with E-state index in [1.165, 1.54) is 13.1 Å². The van der Waals surface area contributed by atoms with Gasteiger partial charge in [0.15, 0.2) is 0 Å². The summed E-state index contributed by atoms with van der Waals surface area (Å²) in [5, 5.41) is -2.40. The topological polar surface area (TPSA) is 235 Å². The second kappa shape index (κ2) is 9.97. The summed E-state index contributed by atoms with van der Waals surface area (Å²) in [7, 11) is -13.8. The van der Waals surface area contributed by atoms with Crippen molar-refractivity contribution in [3.63, 3.8) is 0 Å². The minimum absolute atomic E-state index is 0.127. The number of hydrogen-bond donors (Lipinski definition) is 1. The molecule has 1 N–H and O–H groups in total. The molecule has 1 saturated heterocycles. The fourth-order valence-corrected chi connectivity index (χ4v) is 7.98. The summed E-state index contributed by atoms with van der Waals surface area (Å²) in [4.78, 5) is 60.8. The van der Waals surface area contributed by atoms with Gasteiger partial charge in [0.2, 0.25) is 7.60 Å². The zero-order valence-electron chi connectivity index (χ0n) is 16.0. The van der Waals surface area contributed by atoms with Crippen LogP contribution in [0.3, 0.4) is 0 Å². The van der Waals surface area contributed by atoms with E-state index in [0.717, 1.165) is 4.57 Å².